The summed E-state index contributed by atoms with van der Waals surface area (Å²) in [6.07, 6.45) is 2.50. The van der Waals surface area contributed by atoms with Crippen molar-refractivity contribution in [1.29, 1.82) is 0 Å². The Balaban J connectivity index is 1.91. The predicted molar refractivity (Wildman–Crippen MR) is 71.6 cm³/mol. The molecule has 2 N–H and O–H groups in total. The van der Waals surface area contributed by atoms with Crippen LogP contribution in [0.3, 0.4) is 0 Å². The zero-order valence-electron chi connectivity index (χ0n) is 10.7. The Labute approximate surface area is 113 Å². The van der Waals surface area contributed by atoms with Gasteiger partial charge in [0, 0.05) is 25.6 Å². The monoisotopic (exact) mass is 282 g/mol. The van der Waals surface area contributed by atoms with Crippen LogP contribution in [0.2, 0.25) is 0 Å². The fraction of sp³-hybridized carbons (Fsp3) is 0.538. The Morgan fingerprint density at radius 2 is 2.21 bits per heavy atom. The maximum atomic E-state index is 12.6. The summed E-state index contributed by atoms with van der Waals surface area (Å²) in [5.74, 6) is 0.800. The first-order valence-electron chi connectivity index (χ1n) is 6.59. The van der Waals surface area contributed by atoms with Crippen molar-refractivity contribution in [2.75, 3.05) is 19.7 Å². The van der Waals surface area contributed by atoms with Crippen molar-refractivity contribution in [3.05, 3.63) is 23.8 Å². The van der Waals surface area contributed by atoms with Crippen molar-refractivity contribution in [2.24, 2.45) is 5.73 Å². The number of rotatable bonds is 2. The molecule has 0 unspecified atom stereocenters. The van der Waals surface area contributed by atoms with Crippen molar-refractivity contribution in [2.45, 2.75) is 30.2 Å². The Morgan fingerprint density at radius 1 is 1.37 bits per heavy atom. The third kappa shape index (κ3) is 2.35. The second-order valence-corrected chi connectivity index (χ2v) is 7.07. The van der Waals surface area contributed by atoms with Crippen LogP contribution in [0.5, 0.6) is 5.75 Å². The first kappa shape index (κ1) is 12.9. The van der Waals surface area contributed by atoms with Crippen LogP contribution < -0.4 is 10.5 Å². The van der Waals surface area contributed by atoms with Gasteiger partial charge in [-0.3, -0.25) is 0 Å². The molecule has 2 heterocycles. The number of fused-ring (bicyclic) bond motifs is 1. The quantitative estimate of drug-likeness (QED) is 0.868. The van der Waals surface area contributed by atoms with Gasteiger partial charge in [0.25, 0.3) is 0 Å². The van der Waals surface area contributed by atoms with Gasteiger partial charge in [0.15, 0.2) is 0 Å². The maximum Gasteiger partial charge on any atom is 0.243 e. The average Bonchev–Trinajstić information content (AvgIpc) is 2.85. The van der Waals surface area contributed by atoms with E-state index in [0.717, 1.165) is 30.6 Å². The minimum Gasteiger partial charge on any atom is -0.493 e. The largest absolute Gasteiger partial charge is 0.493 e. The molecule has 1 aromatic carbocycles. The van der Waals surface area contributed by atoms with Crippen LogP contribution in [-0.2, 0) is 16.4 Å². The second-order valence-electron chi connectivity index (χ2n) is 5.13. The third-order valence-corrected chi connectivity index (χ3v) is 5.58. The summed E-state index contributed by atoms with van der Waals surface area (Å²) >= 11 is 0. The lowest BCUT2D eigenvalue weighted by molar-refractivity contribution is 0.316. The van der Waals surface area contributed by atoms with E-state index in [9.17, 15) is 8.42 Å². The molecule has 19 heavy (non-hydrogen) atoms. The highest BCUT2D eigenvalue weighted by Crippen LogP contribution is 2.29. The van der Waals surface area contributed by atoms with E-state index in [1.807, 2.05) is 0 Å². The minimum absolute atomic E-state index is 0.0544. The smallest absolute Gasteiger partial charge is 0.243 e. The van der Waals surface area contributed by atoms with Crippen LogP contribution >= 0.6 is 0 Å². The highest BCUT2D eigenvalue weighted by molar-refractivity contribution is 7.89. The van der Waals surface area contributed by atoms with E-state index >= 15 is 0 Å². The van der Waals surface area contributed by atoms with Crippen LogP contribution in [0.15, 0.2) is 23.1 Å². The number of hydrogen-bond acceptors (Lipinski definition) is 4. The molecule has 1 aromatic rings. The molecule has 0 aromatic heterocycles. The summed E-state index contributed by atoms with van der Waals surface area (Å²) in [7, 11) is -3.42. The molecular weight excluding hydrogens is 264 g/mol. The molecule has 0 amide bonds. The molecular formula is C13H18N2O3S. The van der Waals surface area contributed by atoms with Crippen molar-refractivity contribution < 1.29 is 13.2 Å². The van der Waals surface area contributed by atoms with Crippen molar-refractivity contribution in [3.8, 4) is 5.75 Å². The van der Waals surface area contributed by atoms with E-state index in [0.29, 0.717) is 24.6 Å². The van der Waals surface area contributed by atoms with Gasteiger partial charge in [-0.1, -0.05) is 0 Å². The van der Waals surface area contributed by atoms with Gasteiger partial charge in [-0.15, -0.1) is 0 Å². The molecule has 1 fully saturated rings. The fourth-order valence-electron chi connectivity index (χ4n) is 2.66. The van der Waals surface area contributed by atoms with Gasteiger partial charge >= 0.3 is 0 Å². The molecule has 0 bridgehead atoms. The number of sulfonamides is 1. The summed E-state index contributed by atoms with van der Waals surface area (Å²) in [6.45, 7) is 1.60. The summed E-state index contributed by atoms with van der Waals surface area (Å²) in [4.78, 5) is 0.353. The SMILES string of the molecule is N[C@@H]1CCCN(S(=O)(=O)c2ccc3c(c2)CCO3)C1. The topological polar surface area (TPSA) is 72.6 Å². The minimum atomic E-state index is -3.42. The van der Waals surface area contributed by atoms with Crippen LogP contribution in [-0.4, -0.2) is 38.5 Å². The van der Waals surface area contributed by atoms with Crippen LogP contribution in [0.1, 0.15) is 18.4 Å². The summed E-state index contributed by atoms with van der Waals surface area (Å²) < 4.78 is 32.0. The molecule has 104 valence electrons. The molecule has 0 saturated carbocycles. The summed E-state index contributed by atoms with van der Waals surface area (Å²) in [5, 5.41) is 0. The van der Waals surface area contributed by atoms with E-state index in [2.05, 4.69) is 0 Å². The maximum absolute atomic E-state index is 12.6. The van der Waals surface area contributed by atoms with Crippen LogP contribution in [0.25, 0.3) is 0 Å². The van der Waals surface area contributed by atoms with Crippen molar-refractivity contribution >= 4 is 10.0 Å². The molecule has 6 heteroatoms. The van der Waals surface area contributed by atoms with E-state index in [1.165, 1.54) is 4.31 Å². The molecule has 0 aliphatic carbocycles. The van der Waals surface area contributed by atoms with E-state index < -0.39 is 10.0 Å². The summed E-state index contributed by atoms with van der Waals surface area (Å²) in [5.41, 5.74) is 6.84. The van der Waals surface area contributed by atoms with E-state index in [4.69, 9.17) is 10.5 Å². The van der Waals surface area contributed by atoms with Gasteiger partial charge in [-0.05, 0) is 36.6 Å². The fourth-order valence-corrected chi connectivity index (χ4v) is 4.25. The Bertz CT molecular complexity index is 586. The Morgan fingerprint density at radius 3 is 3.00 bits per heavy atom. The Kier molecular flexibility index (Phi) is 3.24. The molecule has 2 aliphatic heterocycles. The standard InChI is InChI=1S/C13H18N2O3S/c14-11-2-1-6-15(9-11)19(16,17)12-3-4-13-10(8-12)5-7-18-13/h3-4,8,11H,1-2,5-7,9,14H2/t11-/m1/s1. The van der Waals surface area contributed by atoms with Gasteiger partial charge in [-0.25, -0.2) is 8.42 Å². The molecule has 0 spiro atoms. The molecule has 3 rings (SSSR count). The first-order valence-corrected chi connectivity index (χ1v) is 8.03. The molecule has 1 saturated heterocycles. The van der Waals surface area contributed by atoms with Crippen LogP contribution in [0, 0.1) is 0 Å². The second kappa shape index (κ2) is 4.77. The van der Waals surface area contributed by atoms with Gasteiger partial charge in [0.2, 0.25) is 10.0 Å². The summed E-state index contributed by atoms with van der Waals surface area (Å²) in [6, 6.07) is 5.05. The number of benzene rings is 1. The Hall–Kier alpha value is -1.11. The van der Waals surface area contributed by atoms with Gasteiger partial charge < -0.3 is 10.5 Å². The molecule has 0 radical (unpaired) electrons. The zero-order valence-corrected chi connectivity index (χ0v) is 11.5. The molecule has 5 nitrogen and oxygen atoms in total. The van der Waals surface area contributed by atoms with Crippen molar-refractivity contribution in [3.63, 3.8) is 0 Å². The highest BCUT2D eigenvalue weighted by Gasteiger charge is 2.29. The van der Waals surface area contributed by atoms with Gasteiger partial charge in [-0.2, -0.15) is 4.31 Å². The van der Waals surface area contributed by atoms with Gasteiger partial charge in [0.05, 0.1) is 11.5 Å². The van der Waals surface area contributed by atoms with E-state index in [-0.39, 0.29) is 6.04 Å². The lowest BCUT2D eigenvalue weighted by Crippen LogP contribution is -2.45. The van der Waals surface area contributed by atoms with Crippen LogP contribution in [0.4, 0.5) is 0 Å². The lowest BCUT2D eigenvalue weighted by atomic mass is 10.1. The number of hydrogen-bond donors (Lipinski definition) is 1. The third-order valence-electron chi connectivity index (χ3n) is 3.72. The number of nitrogens with zero attached hydrogens (tertiary/aromatic N) is 1. The van der Waals surface area contributed by atoms with Crippen molar-refractivity contribution in [1.82, 2.24) is 4.31 Å². The normalized spacial score (nSPS) is 23.9. The van der Waals surface area contributed by atoms with Gasteiger partial charge in [0.1, 0.15) is 5.75 Å². The first-order chi connectivity index (χ1) is 9.07. The number of ether oxygens (including phenoxy) is 1. The predicted octanol–water partition coefficient (Wildman–Crippen LogP) is 0.733. The number of nitrogens with two attached hydrogens (primary N) is 1. The highest BCUT2D eigenvalue weighted by atomic mass is 32.2. The molecule has 2 aliphatic rings. The average molecular weight is 282 g/mol. The number of piperidine rings is 1. The molecule has 1 atom stereocenters. The lowest BCUT2D eigenvalue weighted by Gasteiger charge is -2.29. The zero-order chi connectivity index (χ0) is 13.5. The van der Waals surface area contributed by atoms with E-state index in [1.54, 1.807) is 18.2 Å².